The number of sulfone groups is 1. The standard InChI is InChI=1S/C29H45N3O7S/c1-29(2,3)39-28(35)32-16-14-23(15-17-32)26(33)31-25(20-40(36,37)19-22-8-6-5-7-9-22)27(34)30-18-21-10-12-24(38-4)13-11-21/h10-13,22-23,25H,5-9,14-20H2,1-4H3,(H,30,34)(H,31,33). The van der Waals surface area contributed by atoms with Crippen LogP contribution in [-0.4, -0.2) is 74.6 Å². The molecular formula is C29H45N3O7S. The minimum atomic E-state index is -3.59. The van der Waals surface area contributed by atoms with Crippen LogP contribution in [0.15, 0.2) is 24.3 Å². The molecular weight excluding hydrogens is 534 g/mol. The Labute approximate surface area is 238 Å². The number of piperidine rings is 1. The lowest BCUT2D eigenvalue weighted by atomic mass is 9.91. The van der Waals surface area contributed by atoms with Crippen LogP contribution in [0.1, 0.15) is 71.3 Å². The van der Waals surface area contributed by atoms with Gasteiger partial charge in [-0.05, 0) is 70.1 Å². The van der Waals surface area contributed by atoms with Crippen LogP contribution >= 0.6 is 0 Å². The summed E-state index contributed by atoms with van der Waals surface area (Å²) in [6.07, 6.45) is 5.29. The second-order valence-corrected chi connectivity index (χ2v) is 14.1. The average Bonchev–Trinajstić information content (AvgIpc) is 2.91. The molecule has 2 N–H and O–H groups in total. The van der Waals surface area contributed by atoms with E-state index in [2.05, 4.69) is 10.6 Å². The first-order valence-electron chi connectivity index (χ1n) is 14.2. The van der Waals surface area contributed by atoms with Crippen molar-refractivity contribution < 1.29 is 32.3 Å². The Morgan fingerprint density at radius 3 is 2.20 bits per heavy atom. The Morgan fingerprint density at radius 2 is 1.62 bits per heavy atom. The lowest BCUT2D eigenvalue weighted by Crippen LogP contribution is -2.53. The molecule has 1 atom stereocenters. The molecule has 1 aromatic carbocycles. The van der Waals surface area contributed by atoms with Crippen molar-refractivity contribution in [3.05, 3.63) is 29.8 Å². The van der Waals surface area contributed by atoms with Gasteiger partial charge in [0.2, 0.25) is 11.8 Å². The van der Waals surface area contributed by atoms with E-state index in [1.165, 1.54) is 0 Å². The SMILES string of the molecule is COc1ccc(CNC(=O)C(CS(=O)(=O)CC2CCCCC2)NC(=O)C2CCN(C(=O)OC(C)(C)C)CC2)cc1. The van der Waals surface area contributed by atoms with E-state index in [1.54, 1.807) is 44.9 Å². The van der Waals surface area contributed by atoms with Gasteiger partial charge in [0.05, 0.1) is 18.6 Å². The van der Waals surface area contributed by atoms with Crippen molar-refractivity contribution >= 4 is 27.7 Å². The van der Waals surface area contributed by atoms with Crippen molar-refractivity contribution in [2.75, 3.05) is 31.7 Å². The predicted octanol–water partition coefficient (Wildman–Crippen LogP) is 3.44. The van der Waals surface area contributed by atoms with Gasteiger partial charge < -0.3 is 25.0 Å². The third kappa shape index (κ3) is 10.3. The third-order valence-corrected chi connectivity index (χ3v) is 9.23. The number of benzene rings is 1. The van der Waals surface area contributed by atoms with Crippen LogP contribution in [0.25, 0.3) is 0 Å². The van der Waals surface area contributed by atoms with Gasteiger partial charge in [-0.25, -0.2) is 13.2 Å². The molecule has 1 heterocycles. The number of ether oxygens (including phenoxy) is 2. The molecule has 0 spiro atoms. The molecule has 40 heavy (non-hydrogen) atoms. The van der Waals surface area contributed by atoms with Crippen molar-refractivity contribution in [1.82, 2.24) is 15.5 Å². The second kappa shape index (κ2) is 14.2. The van der Waals surface area contributed by atoms with Crippen LogP contribution in [0.3, 0.4) is 0 Å². The highest BCUT2D eigenvalue weighted by Gasteiger charge is 2.34. The van der Waals surface area contributed by atoms with Gasteiger partial charge >= 0.3 is 6.09 Å². The summed E-state index contributed by atoms with van der Waals surface area (Å²) in [6, 6.07) is 5.97. The highest BCUT2D eigenvalue weighted by atomic mass is 32.2. The summed E-state index contributed by atoms with van der Waals surface area (Å²) in [6.45, 7) is 6.28. The summed E-state index contributed by atoms with van der Waals surface area (Å²) in [5.41, 5.74) is 0.208. The van der Waals surface area contributed by atoms with E-state index in [1.807, 2.05) is 12.1 Å². The van der Waals surface area contributed by atoms with Crippen LogP contribution in [0.5, 0.6) is 5.75 Å². The van der Waals surface area contributed by atoms with Gasteiger partial charge in [0.1, 0.15) is 17.4 Å². The number of rotatable bonds is 10. The van der Waals surface area contributed by atoms with Crippen molar-refractivity contribution in [2.24, 2.45) is 11.8 Å². The molecule has 3 rings (SSSR count). The zero-order chi connectivity index (χ0) is 29.3. The maximum absolute atomic E-state index is 13.2. The molecule has 10 nitrogen and oxygen atoms in total. The molecule has 1 aliphatic heterocycles. The largest absolute Gasteiger partial charge is 0.497 e. The van der Waals surface area contributed by atoms with Gasteiger partial charge in [0.25, 0.3) is 0 Å². The Kier molecular flexibility index (Phi) is 11.2. The number of nitrogens with zero attached hydrogens (tertiary/aromatic N) is 1. The maximum atomic E-state index is 13.2. The quantitative estimate of drug-likeness (QED) is 0.434. The van der Waals surface area contributed by atoms with E-state index in [0.29, 0.717) is 31.7 Å². The topological polar surface area (TPSA) is 131 Å². The van der Waals surface area contributed by atoms with Gasteiger partial charge in [-0.1, -0.05) is 31.4 Å². The van der Waals surface area contributed by atoms with E-state index in [0.717, 1.165) is 37.7 Å². The fourth-order valence-electron chi connectivity index (χ4n) is 5.21. The molecule has 0 bridgehead atoms. The number of carbonyl (C=O) groups excluding carboxylic acids is 3. The van der Waals surface area contributed by atoms with E-state index in [4.69, 9.17) is 9.47 Å². The molecule has 0 aromatic heterocycles. The summed E-state index contributed by atoms with van der Waals surface area (Å²) in [4.78, 5) is 40.4. The first-order valence-corrected chi connectivity index (χ1v) is 16.1. The van der Waals surface area contributed by atoms with Crippen LogP contribution in [-0.2, 0) is 30.7 Å². The molecule has 3 amide bonds. The summed E-state index contributed by atoms with van der Waals surface area (Å²) in [5.74, 6) is -0.985. The van der Waals surface area contributed by atoms with E-state index >= 15 is 0 Å². The van der Waals surface area contributed by atoms with E-state index in [9.17, 15) is 22.8 Å². The average molecular weight is 580 g/mol. The summed E-state index contributed by atoms with van der Waals surface area (Å²) >= 11 is 0. The monoisotopic (exact) mass is 579 g/mol. The maximum Gasteiger partial charge on any atom is 0.410 e. The van der Waals surface area contributed by atoms with Crippen molar-refractivity contribution in [3.8, 4) is 5.75 Å². The first-order chi connectivity index (χ1) is 18.8. The number of carbonyl (C=O) groups is 3. The Hall–Kier alpha value is -2.82. The van der Waals surface area contributed by atoms with Crippen molar-refractivity contribution in [3.63, 3.8) is 0 Å². The fourth-order valence-corrected chi connectivity index (χ4v) is 7.14. The highest BCUT2D eigenvalue weighted by molar-refractivity contribution is 7.91. The Morgan fingerprint density at radius 1 is 1.00 bits per heavy atom. The lowest BCUT2D eigenvalue weighted by molar-refractivity contribution is -0.131. The second-order valence-electron chi connectivity index (χ2n) is 11.9. The highest BCUT2D eigenvalue weighted by Crippen LogP contribution is 2.25. The van der Waals surface area contributed by atoms with E-state index in [-0.39, 0.29) is 24.1 Å². The number of nitrogens with one attached hydrogen (secondary N) is 2. The van der Waals surface area contributed by atoms with Crippen LogP contribution < -0.4 is 15.4 Å². The number of hydrogen-bond donors (Lipinski definition) is 2. The third-order valence-electron chi connectivity index (χ3n) is 7.41. The molecule has 1 saturated heterocycles. The van der Waals surface area contributed by atoms with Crippen LogP contribution in [0.2, 0.25) is 0 Å². The Balaban J connectivity index is 1.63. The predicted molar refractivity (Wildman–Crippen MR) is 153 cm³/mol. The number of likely N-dealkylation sites (tertiary alicyclic amines) is 1. The molecule has 1 aromatic rings. The van der Waals surface area contributed by atoms with Gasteiger partial charge in [-0.3, -0.25) is 9.59 Å². The summed E-state index contributed by atoms with van der Waals surface area (Å²) in [5, 5.41) is 5.52. The normalized spacial score (nSPS) is 18.1. The van der Waals surface area contributed by atoms with E-state index < -0.39 is 45.2 Å². The molecule has 224 valence electrons. The zero-order valence-corrected chi connectivity index (χ0v) is 25.1. The van der Waals surface area contributed by atoms with Gasteiger partial charge in [0.15, 0.2) is 9.84 Å². The number of amides is 3. The first kappa shape index (κ1) is 31.7. The minimum absolute atomic E-state index is 0.0272. The molecule has 1 unspecified atom stereocenters. The number of hydrogen-bond acceptors (Lipinski definition) is 7. The number of methoxy groups -OCH3 is 1. The fraction of sp³-hybridized carbons (Fsp3) is 0.690. The van der Waals surface area contributed by atoms with Crippen molar-refractivity contribution in [1.29, 1.82) is 0 Å². The molecule has 2 aliphatic rings. The molecule has 2 fully saturated rings. The summed E-state index contributed by atoms with van der Waals surface area (Å²) < 4.78 is 36.9. The van der Waals surface area contributed by atoms with Crippen LogP contribution in [0.4, 0.5) is 4.79 Å². The molecule has 0 radical (unpaired) electrons. The van der Waals surface area contributed by atoms with Crippen LogP contribution in [0, 0.1) is 11.8 Å². The van der Waals surface area contributed by atoms with Gasteiger partial charge in [-0.2, -0.15) is 0 Å². The summed E-state index contributed by atoms with van der Waals surface area (Å²) in [7, 11) is -2.02. The minimum Gasteiger partial charge on any atom is -0.497 e. The molecule has 11 heteroatoms. The van der Waals surface area contributed by atoms with Gasteiger partial charge in [0, 0.05) is 25.6 Å². The zero-order valence-electron chi connectivity index (χ0n) is 24.2. The Bertz CT molecular complexity index is 1100. The molecule has 1 saturated carbocycles. The smallest absolute Gasteiger partial charge is 0.410 e. The van der Waals surface area contributed by atoms with Gasteiger partial charge in [-0.15, -0.1) is 0 Å². The lowest BCUT2D eigenvalue weighted by Gasteiger charge is -2.33. The molecule has 1 aliphatic carbocycles. The van der Waals surface area contributed by atoms with Crippen molar-refractivity contribution in [2.45, 2.75) is 83.9 Å².